The van der Waals surface area contributed by atoms with E-state index in [1.165, 1.54) is 72.4 Å². The molecule has 20 atom stereocenters. The molecule has 0 radical (unpaired) electrons. The molecule has 2 spiro atoms. The molecule has 5 aromatic rings. The molecule has 91 heavy (non-hydrogen) atoms. The molecule has 4 bridgehead atoms. The Morgan fingerprint density at radius 1 is 0.714 bits per heavy atom. The number of aliphatic hydroxyl groups excluding tert-OH is 2. The Bertz CT molecular complexity index is 3730. The van der Waals surface area contributed by atoms with Crippen LogP contribution >= 0.6 is 0 Å². The fraction of sp³-hybridized carbons (Fsp3) is 0.571. The minimum atomic E-state index is -1.82. The first-order valence-corrected chi connectivity index (χ1v) is 36.2. The predicted octanol–water partition coefficient (Wildman–Crippen LogP) is 16.9. The van der Waals surface area contributed by atoms with Gasteiger partial charge in [-0.15, -0.1) is 5.92 Å². The number of fused-ring (bicyclic) bond motifs is 5. The van der Waals surface area contributed by atoms with Crippen LogP contribution < -0.4 is 0 Å². The molecule has 3 heterocycles. The molecule has 0 saturated heterocycles. The maximum atomic E-state index is 16.6. The lowest BCUT2D eigenvalue weighted by Gasteiger charge is -2.72. The van der Waals surface area contributed by atoms with Crippen molar-refractivity contribution in [2.24, 2.45) is 68.5 Å². The summed E-state index contributed by atoms with van der Waals surface area (Å²) in [7, 11) is 0. The van der Waals surface area contributed by atoms with Crippen LogP contribution in [0, 0.1) is 80.3 Å². The van der Waals surface area contributed by atoms with Crippen LogP contribution in [0.15, 0.2) is 145 Å². The second-order valence-electron chi connectivity index (χ2n) is 32.6. The van der Waals surface area contributed by atoms with E-state index in [4.69, 9.17) is 9.47 Å². The molecule has 11 aliphatic rings. The van der Waals surface area contributed by atoms with Gasteiger partial charge >= 0.3 is 11.9 Å². The number of hydrogen-bond donors (Lipinski definition) is 3. The standard InChI is InChI=1S/C84H98O7/c1-54(18-15-23-55-19-7-4-8-20-55)46-60-30-33-63-32-29-57(47-56-21-9-5-10-22-56)50-82(63)41-17-39-78(2)52-69(91-77(82)88)75-79(3,42-38-70(85)84(75,76(60)87)83(78,89)45-35-58-48-71(86)90-53-58)64-37-44-80-43-36-61-51-81(62-25-11-6-12-26-62)40-14-13-28-67(81)66-34-31-59-24-16-27-65(68(80)49-64)72(59)73(66)74(61)80/h4-12,16,19-22,24-27,30-31,33-34,48,54,57,60-61,63-64,67-70,74-76,85,87,89H,13-15,18,23,28-29,32,35-38,40-47,49-53H2,1-3H3/b33-30+/t54-,57+,60+,61-,63+,64+,67-,68+,69-,70-,74-,75+,76+,78+,79+,80+,81+,82-,83-,84-/m1/s1. The van der Waals surface area contributed by atoms with E-state index in [9.17, 15) is 15.0 Å². The smallest absolute Gasteiger partial charge is 0.331 e. The number of carbonyl (C=O) groups is 2. The summed E-state index contributed by atoms with van der Waals surface area (Å²) < 4.78 is 13.3. The Labute approximate surface area is 541 Å². The van der Waals surface area contributed by atoms with Crippen LogP contribution in [0.5, 0.6) is 0 Å². The van der Waals surface area contributed by atoms with Gasteiger partial charge in [-0.2, -0.15) is 0 Å². The second-order valence-corrected chi connectivity index (χ2v) is 32.6. The van der Waals surface area contributed by atoms with Crippen molar-refractivity contribution in [3.63, 3.8) is 0 Å². The molecule has 0 aromatic heterocycles. The monoisotopic (exact) mass is 1220 g/mol. The maximum Gasteiger partial charge on any atom is 0.331 e. The highest BCUT2D eigenvalue weighted by atomic mass is 16.5. The molecule has 6 fully saturated rings. The molecule has 3 aliphatic heterocycles. The third kappa shape index (κ3) is 9.17. The number of cyclic esters (lactones) is 1. The van der Waals surface area contributed by atoms with Crippen molar-refractivity contribution in [2.45, 2.75) is 222 Å². The van der Waals surface area contributed by atoms with E-state index >= 15 is 9.90 Å². The first kappa shape index (κ1) is 60.2. The summed E-state index contributed by atoms with van der Waals surface area (Å²) in [6.45, 7) is 7.03. The summed E-state index contributed by atoms with van der Waals surface area (Å²) in [5.41, 5.74) is 3.72. The van der Waals surface area contributed by atoms with Crippen molar-refractivity contribution in [1.82, 2.24) is 0 Å². The topological polar surface area (TPSA) is 113 Å². The Hall–Kier alpha value is -5.78. The summed E-state index contributed by atoms with van der Waals surface area (Å²) >= 11 is 0. The summed E-state index contributed by atoms with van der Waals surface area (Å²) in [6.07, 6.45) is 23.7. The minimum absolute atomic E-state index is 0.0790. The van der Waals surface area contributed by atoms with Gasteiger partial charge in [0.25, 0.3) is 0 Å². The van der Waals surface area contributed by atoms with Gasteiger partial charge in [-0.05, 0) is 237 Å². The largest absolute Gasteiger partial charge is 0.462 e. The van der Waals surface area contributed by atoms with Crippen molar-refractivity contribution < 1.29 is 34.4 Å². The van der Waals surface area contributed by atoms with Crippen LogP contribution in [0.1, 0.15) is 213 Å². The lowest BCUT2D eigenvalue weighted by atomic mass is 9.34. The van der Waals surface area contributed by atoms with Crippen molar-refractivity contribution in [3.8, 4) is 11.8 Å². The van der Waals surface area contributed by atoms with E-state index < -0.39 is 57.4 Å². The molecule has 476 valence electrons. The number of allylic oxidation sites excluding steroid dienone is 1. The average molecular weight is 1220 g/mol. The minimum Gasteiger partial charge on any atom is -0.462 e. The number of hydrogen-bond acceptors (Lipinski definition) is 7. The van der Waals surface area contributed by atoms with Gasteiger partial charge in [0, 0.05) is 36.2 Å². The van der Waals surface area contributed by atoms with Crippen LogP contribution in [0.4, 0.5) is 0 Å². The predicted molar refractivity (Wildman–Crippen MR) is 359 cm³/mol. The molecule has 7 heteroatoms. The molecular formula is C84H98O7. The lowest BCUT2D eigenvalue weighted by molar-refractivity contribution is -0.343. The Kier molecular flexibility index (Phi) is 15.0. The third-order valence-corrected chi connectivity index (χ3v) is 28.5. The number of ether oxygens (including phenoxy) is 2. The molecule has 6 saturated carbocycles. The summed E-state index contributed by atoms with van der Waals surface area (Å²) in [4.78, 5) is 29.5. The summed E-state index contributed by atoms with van der Waals surface area (Å²) in [6, 6.07) is 45.5. The van der Waals surface area contributed by atoms with E-state index in [0.717, 1.165) is 63.4 Å². The van der Waals surface area contributed by atoms with Crippen LogP contribution in [0.2, 0.25) is 0 Å². The van der Waals surface area contributed by atoms with Gasteiger partial charge in [0.2, 0.25) is 0 Å². The Balaban J connectivity index is 0.854. The fourth-order valence-corrected chi connectivity index (χ4v) is 24.6. The van der Waals surface area contributed by atoms with Crippen LogP contribution in [0.25, 0.3) is 10.8 Å². The average Bonchev–Trinajstić information content (AvgIpc) is 1.50. The van der Waals surface area contributed by atoms with Crippen LogP contribution in [-0.4, -0.2) is 57.8 Å². The van der Waals surface area contributed by atoms with E-state index in [0.29, 0.717) is 62.2 Å². The van der Waals surface area contributed by atoms with Gasteiger partial charge in [0.1, 0.15) is 12.7 Å². The van der Waals surface area contributed by atoms with Crippen molar-refractivity contribution >= 4 is 22.7 Å². The molecule has 7 nitrogen and oxygen atoms in total. The van der Waals surface area contributed by atoms with Crippen LogP contribution in [-0.2, 0) is 37.3 Å². The number of rotatable bonds is 13. The number of aliphatic hydroxyl groups is 3. The number of aryl methyl sites for hydroxylation is 1. The van der Waals surface area contributed by atoms with E-state index in [2.05, 4.69) is 166 Å². The zero-order valence-corrected chi connectivity index (χ0v) is 54.4. The quantitative estimate of drug-likeness (QED) is 0.0611. The maximum absolute atomic E-state index is 16.6. The van der Waals surface area contributed by atoms with Crippen molar-refractivity contribution in [1.29, 1.82) is 0 Å². The molecule has 5 aromatic carbocycles. The van der Waals surface area contributed by atoms with E-state index in [-0.39, 0.29) is 65.9 Å². The third-order valence-electron chi connectivity index (χ3n) is 28.5. The van der Waals surface area contributed by atoms with E-state index in [1.807, 2.05) is 0 Å². The molecule has 0 unspecified atom stereocenters. The Morgan fingerprint density at radius 3 is 2.29 bits per heavy atom. The van der Waals surface area contributed by atoms with Crippen molar-refractivity contribution in [3.05, 3.63) is 179 Å². The first-order valence-electron chi connectivity index (χ1n) is 36.2. The van der Waals surface area contributed by atoms with Crippen molar-refractivity contribution in [2.75, 3.05) is 6.61 Å². The molecular weight excluding hydrogens is 1120 g/mol. The molecule has 16 rings (SSSR count). The van der Waals surface area contributed by atoms with E-state index in [1.54, 1.807) is 22.8 Å². The normalized spacial score (nSPS) is 41.5. The molecule has 8 aliphatic carbocycles. The van der Waals surface area contributed by atoms with Gasteiger partial charge in [0.05, 0.1) is 34.1 Å². The highest BCUT2D eigenvalue weighted by molar-refractivity contribution is 5.93. The second kappa shape index (κ2) is 22.7. The number of carbonyl (C=O) groups excluding carboxylic acids is 2. The lowest BCUT2D eigenvalue weighted by Crippen LogP contribution is -2.80. The van der Waals surface area contributed by atoms with Gasteiger partial charge in [-0.25, -0.2) is 4.79 Å². The number of esters is 2. The van der Waals surface area contributed by atoms with Gasteiger partial charge in [-0.3, -0.25) is 4.79 Å². The SMILES string of the molecule is C[C@H](CCCc1ccccc1)C[C@@H]1/C=C/[C@@H]2CC[C@@H](Cc3ccccc3)C[C@]23CC#C[C@@]2(C)C[C@@H](OC3=O)[C@H]3[C@](C)([C@H]4CC[C@]56CC[C@@H]7C[C@]8(c9ccccc9)CCCC[C@@H]8c8ccc9cccc(c9c8[C@@H]75)[C@@H]6C4)CC[C@@H](O)[C@@]3([C@H]1O)[C@@]2(O)CCC1=CC(=O)OC1. The summed E-state index contributed by atoms with van der Waals surface area (Å²) in [5, 5.41) is 47.1. The van der Waals surface area contributed by atoms with Gasteiger partial charge < -0.3 is 24.8 Å². The summed E-state index contributed by atoms with van der Waals surface area (Å²) in [5.74, 6) is 8.06. The molecule has 0 amide bonds. The first-order chi connectivity index (χ1) is 44.1. The van der Waals surface area contributed by atoms with Crippen LogP contribution in [0.3, 0.4) is 0 Å². The van der Waals surface area contributed by atoms with Gasteiger partial charge in [-0.1, -0.05) is 173 Å². The molecule has 3 N–H and O–H groups in total. The highest BCUT2D eigenvalue weighted by Crippen LogP contribution is 2.78. The Morgan fingerprint density at radius 2 is 1.49 bits per heavy atom. The highest BCUT2D eigenvalue weighted by Gasteiger charge is 2.79. The number of benzene rings is 5. The zero-order chi connectivity index (χ0) is 62.1. The zero-order valence-electron chi connectivity index (χ0n) is 54.4. The fourth-order valence-electron chi connectivity index (χ4n) is 24.6. The van der Waals surface area contributed by atoms with Gasteiger partial charge in [0.15, 0.2) is 0 Å².